The summed E-state index contributed by atoms with van der Waals surface area (Å²) in [5, 5.41) is 7.75. The third kappa shape index (κ3) is 3.31. The lowest BCUT2D eigenvalue weighted by Crippen LogP contribution is -2.09. The zero-order valence-electron chi connectivity index (χ0n) is 15.6. The van der Waals surface area contributed by atoms with Crippen LogP contribution in [0.4, 0.5) is 17.5 Å². The second-order valence-electron chi connectivity index (χ2n) is 6.64. The average Bonchev–Trinajstić information content (AvgIpc) is 3.05. The Hall–Kier alpha value is -3.48. The molecule has 1 aromatic carbocycles. The van der Waals surface area contributed by atoms with Gasteiger partial charge in [-0.05, 0) is 38.0 Å². The highest BCUT2D eigenvalue weighted by molar-refractivity contribution is 5.60. The first-order valence-corrected chi connectivity index (χ1v) is 8.77. The highest BCUT2D eigenvalue weighted by atomic mass is 15.4. The first kappa shape index (κ1) is 17.0. The van der Waals surface area contributed by atoms with E-state index in [0.29, 0.717) is 24.0 Å². The van der Waals surface area contributed by atoms with Gasteiger partial charge >= 0.3 is 0 Å². The molecular formula is C20H21N7. The van der Waals surface area contributed by atoms with Crippen LogP contribution in [0, 0.1) is 20.8 Å². The van der Waals surface area contributed by atoms with Crippen molar-refractivity contribution in [3.05, 3.63) is 70.7 Å². The van der Waals surface area contributed by atoms with Crippen molar-refractivity contribution in [2.45, 2.75) is 27.2 Å². The van der Waals surface area contributed by atoms with Crippen LogP contribution in [0.25, 0.3) is 5.78 Å². The highest BCUT2D eigenvalue weighted by Gasteiger charge is 2.15. The van der Waals surface area contributed by atoms with Gasteiger partial charge in [0, 0.05) is 35.3 Å². The molecule has 0 spiro atoms. The second kappa shape index (κ2) is 6.68. The molecule has 0 saturated carbocycles. The maximum absolute atomic E-state index is 6.41. The fourth-order valence-electron chi connectivity index (χ4n) is 3.02. The molecule has 0 saturated heterocycles. The van der Waals surface area contributed by atoms with E-state index in [-0.39, 0.29) is 0 Å². The van der Waals surface area contributed by atoms with Crippen molar-refractivity contribution in [1.29, 1.82) is 0 Å². The molecule has 0 aliphatic rings. The fraction of sp³-hybridized carbons (Fsp3) is 0.200. The molecule has 0 aliphatic heterocycles. The maximum atomic E-state index is 6.41. The number of aryl methyl sites for hydroxylation is 3. The lowest BCUT2D eigenvalue weighted by molar-refractivity contribution is 0.917. The van der Waals surface area contributed by atoms with Crippen LogP contribution in [0.2, 0.25) is 0 Å². The van der Waals surface area contributed by atoms with E-state index in [4.69, 9.17) is 5.73 Å². The third-order valence-corrected chi connectivity index (χ3v) is 4.54. The van der Waals surface area contributed by atoms with Gasteiger partial charge in [0.25, 0.3) is 5.78 Å². The van der Waals surface area contributed by atoms with Crippen LogP contribution < -0.4 is 11.1 Å². The predicted octanol–water partition coefficient (Wildman–Crippen LogP) is 3.36. The number of pyridine rings is 1. The Labute approximate surface area is 157 Å². The summed E-state index contributed by atoms with van der Waals surface area (Å²) in [5.74, 6) is 1.50. The zero-order valence-corrected chi connectivity index (χ0v) is 15.6. The summed E-state index contributed by atoms with van der Waals surface area (Å²) in [4.78, 5) is 13.4. The van der Waals surface area contributed by atoms with Crippen molar-refractivity contribution in [2.75, 3.05) is 11.1 Å². The molecule has 136 valence electrons. The van der Waals surface area contributed by atoms with E-state index in [2.05, 4.69) is 37.5 Å². The molecule has 0 aliphatic carbocycles. The van der Waals surface area contributed by atoms with Gasteiger partial charge in [0.2, 0.25) is 5.95 Å². The molecule has 7 nitrogen and oxygen atoms in total. The van der Waals surface area contributed by atoms with Crippen molar-refractivity contribution in [3.63, 3.8) is 0 Å². The third-order valence-electron chi connectivity index (χ3n) is 4.54. The Bertz CT molecular complexity index is 1120. The van der Waals surface area contributed by atoms with E-state index in [0.717, 1.165) is 28.2 Å². The minimum atomic E-state index is 0.458. The van der Waals surface area contributed by atoms with Crippen molar-refractivity contribution in [1.82, 2.24) is 24.6 Å². The Kier molecular flexibility index (Phi) is 4.19. The summed E-state index contributed by atoms with van der Waals surface area (Å²) >= 11 is 0. The molecule has 0 radical (unpaired) electrons. The monoisotopic (exact) mass is 359 g/mol. The maximum Gasteiger partial charge on any atom is 0.256 e. The molecule has 0 fully saturated rings. The number of nitrogen functional groups attached to an aromatic ring is 1. The molecule has 4 aromatic rings. The Morgan fingerprint density at radius 1 is 1.07 bits per heavy atom. The Morgan fingerprint density at radius 2 is 1.85 bits per heavy atom. The number of benzene rings is 1. The van der Waals surface area contributed by atoms with Crippen molar-refractivity contribution >= 4 is 23.2 Å². The minimum Gasteiger partial charge on any atom is -0.383 e. The van der Waals surface area contributed by atoms with E-state index in [1.807, 2.05) is 51.2 Å². The lowest BCUT2D eigenvalue weighted by atomic mass is 10.0. The molecule has 0 unspecified atom stereocenters. The van der Waals surface area contributed by atoms with Gasteiger partial charge in [-0.1, -0.05) is 30.3 Å². The van der Waals surface area contributed by atoms with Crippen LogP contribution in [-0.2, 0) is 6.42 Å². The van der Waals surface area contributed by atoms with Crippen LogP contribution in [0.3, 0.4) is 0 Å². The van der Waals surface area contributed by atoms with Crippen molar-refractivity contribution in [2.24, 2.45) is 0 Å². The van der Waals surface area contributed by atoms with Gasteiger partial charge in [-0.2, -0.15) is 9.50 Å². The quantitative estimate of drug-likeness (QED) is 0.580. The van der Waals surface area contributed by atoms with Crippen LogP contribution in [0.1, 0.15) is 28.1 Å². The zero-order chi connectivity index (χ0) is 19.0. The molecular weight excluding hydrogens is 338 g/mol. The number of hydrogen-bond acceptors (Lipinski definition) is 6. The van der Waals surface area contributed by atoms with Gasteiger partial charge in [-0.15, -0.1) is 5.10 Å². The predicted molar refractivity (Wildman–Crippen MR) is 106 cm³/mol. The number of hydrogen-bond donors (Lipinski definition) is 2. The lowest BCUT2D eigenvalue weighted by Gasteiger charge is -2.09. The molecule has 3 heterocycles. The van der Waals surface area contributed by atoms with Crippen LogP contribution in [0.15, 0.2) is 42.6 Å². The van der Waals surface area contributed by atoms with E-state index in [9.17, 15) is 0 Å². The largest absolute Gasteiger partial charge is 0.383 e. The summed E-state index contributed by atoms with van der Waals surface area (Å²) in [7, 11) is 0. The summed E-state index contributed by atoms with van der Waals surface area (Å²) in [6, 6.07) is 12.1. The highest BCUT2D eigenvalue weighted by Crippen LogP contribution is 2.23. The molecule has 3 N–H and O–H groups in total. The van der Waals surface area contributed by atoms with Crippen LogP contribution >= 0.6 is 0 Å². The van der Waals surface area contributed by atoms with Gasteiger partial charge in [0.05, 0.1) is 0 Å². The SMILES string of the molecule is Cc1cc(Nc2nc3nc(C)c(Cc4ccccc4)c(N)n3n2)c(C)cn1. The standard InChI is InChI=1S/C20H21N7/c1-12-11-22-13(2)9-17(12)24-19-25-20-23-14(3)16(18(21)27(20)26-19)10-15-7-5-4-6-8-15/h4-9,11H,10,21H2,1-3H3,(H,22,24,26). The van der Waals surface area contributed by atoms with Crippen LogP contribution in [-0.4, -0.2) is 24.6 Å². The number of aromatic nitrogens is 5. The summed E-state index contributed by atoms with van der Waals surface area (Å²) < 4.78 is 1.59. The number of rotatable bonds is 4. The van der Waals surface area contributed by atoms with E-state index in [1.165, 1.54) is 5.56 Å². The topological polar surface area (TPSA) is 94.0 Å². The normalized spacial score (nSPS) is 11.1. The summed E-state index contributed by atoms with van der Waals surface area (Å²) in [5.41, 5.74) is 12.3. The van der Waals surface area contributed by atoms with Crippen LogP contribution in [0.5, 0.6) is 0 Å². The summed E-state index contributed by atoms with van der Waals surface area (Å²) in [6.45, 7) is 5.88. The molecule has 0 bridgehead atoms. The number of nitrogens with two attached hydrogens (primary N) is 1. The second-order valence-corrected chi connectivity index (χ2v) is 6.64. The first-order chi connectivity index (χ1) is 13.0. The van der Waals surface area contributed by atoms with E-state index in [1.54, 1.807) is 4.52 Å². The molecule has 0 atom stereocenters. The fourth-order valence-corrected chi connectivity index (χ4v) is 3.02. The summed E-state index contributed by atoms with van der Waals surface area (Å²) in [6.07, 6.45) is 2.52. The van der Waals surface area contributed by atoms with Crippen molar-refractivity contribution < 1.29 is 0 Å². The minimum absolute atomic E-state index is 0.458. The number of anilines is 3. The molecule has 3 aromatic heterocycles. The van der Waals surface area contributed by atoms with Gasteiger partial charge < -0.3 is 11.1 Å². The Balaban J connectivity index is 1.72. The van der Waals surface area contributed by atoms with E-state index < -0.39 is 0 Å². The first-order valence-electron chi connectivity index (χ1n) is 8.77. The van der Waals surface area contributed by atoms with Gasteiger partial charge in [-0.3, -0.25) is 4.98 Å². The molecule has 0 amide bonds. The Morgan fingerprint density at radius 3 is 2.63 bits per heavy atom. The molecule has 27 heavy (non-hydrogen) atoms. The van der Waals surface area contributed by atoms with Gasteiger partial charge in [0.1, 0.15) is 5.82 Å². The van der Waals surface area contributed by atoms with Crippen molar-refractivity contribution in [3.8, 4) is 0 Å². The molecule has 7 heteroatoms. The van der Waals surface area contributed by atoms with Gasteiger partial charge in [0.15, 0.2) is 0 Å². The molecule has 4 rings (SSSR count). The van der Waals surface area contributed by atoms with Gasteiger partial charge in [-0.25, -0.2) is 4.98 Å². The number of nitrogens with one attached hydrogen (secondary N) is 1. The number of fused-ring (bicyclic) bond motifs is 1. The van der Waals surface area contributed by atoms with E-state index >= 15 is 0 Å². The smallest absolute Gasteiger partial charge is 0.256 e. The number of nitrogens with zero attached hydrogens (tertiary/aromatic N) is 5. The average molecular weight is 359 g/mol.